The van der Waals surface area contributed by atoms with E-state index in [4.69, 9.17) is 9.47 Å². The van der Waals surface area contributed by atoms with Gasteiger partial charge in [-0.1, -0.05) is 6.07 Å². The standard InChI is InChI=1S/C19H21F2N3O2/c1-22-19(23-8-7-14-10-15(20)4-5-16(14)21)24(2)11-13-3-6-17-18(9-13)26-12-25-17/h3-6,9-10H,7-8,11-12H2,1-2H3,(H,22,23). The van der Waals surface area contributed by atoms with Crippen molar-refractivity contribution >= 4 is 5.96 Å². The maximum atomic E-state index is 13.7. The molecule has 2 aromatic carbocycles. The zero-order valence-electron chi connectivity index (χ0n) is 14.8. The SMILES string of the molecule is CN=C(NCCc1cc(F)ccc1F)N(C)Cc1ccc2c(c1)OCO2. The fourth-order valence-electron chi connectivity index (χ4n) is 2.82. The summed E-state index contributed by atoms with van der Waals surface area (Å²) in [6.07, 6.45) is 0.362. The second-order valence-electron chi connectivity index (χ2n) is 6.00. The maximum absolute atomic E-state index is 13.7. The molecule has 0 bridgehead atoms. The second kappa shape index (κ2) is 8.03. The normalized spacial score (nSPS) is 13.0. The molecule has 0 unspecified atom stereocenters. The molecule has 2 aromatic rings. The van der Waals surface area contributed by atoms with E-state index in [0.717, 1.165) is 29.2 Å². The van der Waals surface area contributed by atoms with Gasteiger partial charge in [-0.2, -0.15) is 0 Å². The van der Waals surface area contributed by atoms with Crippen LogP contribution in [0.3, 0.4) is 0 Å². The lowest BCUT2D eigenvalue weighted by Gasteiger charge is -2.22. The van der Waals surface area contributed by atoms with Crippen LogP contribution in [0, 0.1) is 11.6 Å². The van der Waals surface area contributed by atoms with Crippen molar-refractivity contribution in [3.63, 3.8) is 0 Å². The first-order chi connectivity index (χ1) is 12.6. The molecule has 1 N–H and O–H groups in total. The van der Waals surface area contributed by atoms with Gasteiger partial charge < -0.3 is 19.7 Å². The monoisotopic (exact) mass is 361 g/mol. The van der Waals surface area contributed by atoms with E-state index < -0.39 is 11.6 Å². The summed E-state index contributed by atoms with van der Waals surface area (Å²) in [4.78, 5) is 6.18. The fraction of sp³-hybridized carbons (Fsp3) is 0.316. The van der Waals surface area contributed by atoms with Crippen LogP contribution in [0.15, 0.2) is 41.4 Å². The molecule has 0 amide bonds. The van der Waals surface area contributed by atoms with Gasteiger partial charge >= 0.3 is 0 Å². The van der Waals surface area contributed by atoms with Crippen molar-refractivity contribution in [3.05, 3.63) is 59.2 Å². The predicted octanol–water partition coefficient (Wildman–Crippen LogP) is 2.94. The van der Waals surface area contributed by atoms with Gasteiger partial charge in [0.1, 0.15) is 11.6 Å². The molecule has 138 valence electrons. The first kappa shape index (κ1) is 18.0. The Hall–Kier alpha value is -2.83. The first-order valence-electron chi connectivity index (χ1n) is 8.31. The summed E-state index contributed by atoms with van der Waals surface area (Å²) < 4.78 is 37.6. The molecule has 1 aliphatic heterocycles. The van der Waals surface area contributed by atoms with E-state index in [1.54, 1.807) is 7.05 Å². The number of hydrogen-bond acceptors (Lipinski definition) is 3. The highest BCUT2D eigenvalue weighted by Crippen LogP contribution is 2.32. The molecule has 0 saturated carbocycles. The van der Waals surface area contributed by atoms with Gasteiger partial charge in [0.2, 0.25) is 6.79 Å². The topological polar surface area (TPSA) is 46.1 Å². The summed E-state index contributed by atoms with van der Waals surface area (Å²) in [5.74, 6) is 1.30. The lowest BCUT2D eigenvalue weighted by Crippen LogP contribution is -2.39. The van der Waals surface area contributed by atoms with Crippen LogP contribution in [-0.4, -0.2) is 38.3 Å². The van der Waals surface area contributed by atoms with Gasteiger partial charge in [0, 0.05) is 27.2 Å². The number of aliphatic imine (C=N–C) groups is 1. The third-order valence-electron chi connectivity index (χ3n) is 4.12. The van der Waals surface area contributed by atoms with E-state index in [1.165, 1.54) is 6.07 Å². The molecule has 1 aliphatic rings. The van der Waals surface area contributed by atoms with Gasteiger partial charge in [-0.05, 0) is 47.9 Å². The Morgan fingerprint density at radius 1 is 1.15 bits per heavy atom. The van der Waals surface area contributed by atoms with Crippen LogP contribution in [0.5, 0.6) is 11.5 Å². The molecule has 26 heavy (non-hydrogen) atoms. The lowest BCUT2D eigenvalue weighted by atomic mass is 10.1. The van der Waals surface area contributed by atoms with Crippen LogP contribution in [0.2, 0.25) is 0 Å². The number of fused-ring (bicyclic) bond motifs is 1. The quantitative estimate of drug-likeness (QED) is 0.657. The van der Waals surface area contributed by atoms with Crippen LogP contribution in [0.1, 0.15) is 11.1 Å². The summed E-state index contributed by atoms with van der Waals surface area (Å²) >= 11 is 0. The Balaban J connectivity index is 1.55. The van der Waals surface area contributed by atoms with Crippen molar-refractivity contribution in [2.75, 3.05) is 27.4 Å². The molecular weight excluding hydrogens is 340 g/mol. The number of guanidine groups is 1. The molecule has 0 aliphatic carbocycles. The molecule has 1 heterocycles. The highest BCUT2D eigenvalue weighted by molar-refractivity contribution is 5.79. The Morgan fingerprint density at radius 2 is 1.96 bits per heavy atom. The summed E-state index contributed by atoms with van der Waals surface area (Å²) in [6, 6.07) is 9.27. The number of ether oxygens (including phenoxy) is 2. The van der Waals surface area contributed by atoms with E-state index >= 15 is 0 Å². The molecule has 7 heteroatoms. The highest BCUT2D eigenvalue weighted by Gasteiger charge is 2.14. The maximum Gasteiger partial charge on any atom is 0.231 e. The lowest BCUT2D eigenvalue weighted by molar-refractivity contribution is 0.174. The smallest absolute Gasteiger partial charge is 0.231 e. The first-order valence-corrected chi connectivity index (χ1v) is 8.31. The van der Waals surface area contributed by atoms with Crippen molar-refractivity contribution < 1.29 is 18.3 Å². The van der Waals surface area contributed by atoms with Crippen molar-refractivity contribution in [3.8, 4) is 11.5 Å². The molecule has 0 radical (unpaired) electrons. The van der Waals surface area contributed by atoms with Gasteiger partial charge in [-0.25, -0.2) is 8.78 Å². The molecular formula is C19H21F2N3O2. The Morgan fingerprint density at radius 3 is 2.77 bits per heavy atom. The minimum absolute atomic E-state index is 0.245. The molecule has 0 aromatic heterocycles. The minimum Gasteiger partial charge on any atom is -0.454 e. The van der Waals surface area contributed by atoms with Crippen LogP contribution in [0.25, 0.3) is 0 Å². The van der Waals surface area contributed by atoms with Crippen molar-refractivity contribution in [2.45, 2.75) is 13.0 Å². The number of nitrogens with zero attached hydrogens (tertiary/aromatic N) is 2. The second-order valence-corrected chi connectivity index (χ2v) is 6.00. The third kappa shape index (κ3) is 4.22. The average molecular weight is 361 g/mol. The molecule has 0 saturated heterocycles. The number of hydrogen-bond donors (Lipinski definition) is 1. The van der Waals surface area contributed by atoms with Gasteiger partial charge in [0.05, 0.1) is 0 Å². The summed E-state index contributed by atoms with van der Waals surface area (Å²) in [7, 11) is 3.59. The zero-order valence-corrected chi connectivity index (χ0v) is 14.8. The fourth-order valence-corrected chi connectivity index (χ4v) is 2.82. The van der Waals surface area contributed by atoms with E-state index in [-0.39, 0.29) is 6.79 Å². The highest BCUT2D eigenvalue weighted by atomic mass is 19.1. The van der Waals surface area contributed by atoms with E-state index in [0.29, 0.717) is 31.0 Å². The van der Waals surface area contributed by atoms with Crippen LogP contribution >= 0.6 is 0 Å². The van der Waals surface area contributed by atoms with Crippen molar-refractivity contribution in [2.24, 2.45) is 4.99 Å². The summed E-state index contributed by atoms with van der Waals surface area (Å²) in [5, 5.41) is 3.17. The Labute approximate surface area is 151 Å². The van der Waals surface area contributed by atoms with Crippen LogP contribution in [-0.2, 0) is 13.0 Å². The van der Waals surface area contributed by atoms with E-state index in [1.807, 2.05) is 30.1 Å². The van der Waals surface area contributed by atoms with Crippen LogP contribution in [0.4, 0.5) is 8.78 Å². The minimum atomic E-state index is -0.439. The Kier molecular flexibility index (Phi) is 5.55. The van der Waals surface area contributed by atoms with E-state index in [2.05, 4.69) is 10.3 Å². The van der Waals surface area contributed by atoms with E-state index in [9.17, 15) is 8.78 Å². The van der Waals surface area contributed by atoms with Crippen molar-refractivity contribution in [1.29, 1.82) is 0 Å². The number of halogens is 2. The molecule has 0 fully saturated rings. The number of rotatable bonds is 5. The molecule has 5 nitrogen and oxygen atoms in total. The summed E-state index contributed by atoms with van der Waals surface area (Å²) in [6.45, 7) is 1.30. The number of nitrogens with one attached hydrogen (secondary N) is 1. The largest absolute Gasteiger partial charge is 0.454 e. The molecule has 0 spiro atoms. The third-order valence-corrected chi connectivity index (χ3v) is 4.12. The van der Waals surface area contributed by atoms with Gasteiger partial charge in [0.15, 0.2) is 17.5 Å². The van der Waals surface area contributed by atoms with Gasteiger partial charge in [-0.15, -0.1) is 0 Å². The van der Waals surface area contributed by atoms with Crippen molar-refractivity contribution in [1.82, 2.24) is 10.2 Å². The molecule has 3 rings (SSSR count). The van der Waals surface area contributed by atoms with Gasteiger partial charge in [-0.3, -0.25) is 4.99 Å². The van der Waals surface area contributed by atoms with Crippen LogP contribution < -0.4 is 14.8 Å². The zero-order chi connectivity index (χ0) is 18.5. The number of benzene rings is 2. The average Bonchev–Trinajstić information content (AvgIpc) is 3.09. The predicted molar refractivity (Wildman–Crippen MR) is 95.5 cm³/mol. The Bertz CT molecular complexity index is 811. The molecule has 0 atom stereocenters. The van der Waals surface area contributed by atoms with Gasteiger partial charge in [0.25, 0.3) is 0 Å². The summed E-state index contributed by atoms with van der Waals surface area (Å²) in [5.41, 5.74) is 1.39.